The summed E-state index contributed by atoms with van der Waals surface area (Å²) in [6.45, 7) is 3.56. The van der Waals surface area contributed by atoms with Crippen LogP contribution >= 0.6 is 0 Å². The van der Waals surface area contributed by atoms with E-state index in [-0.39, 0.29) is 6.04 Å². The predicted octanol–water partition coefficient (Wildman–Crippen LogP) is 1.29. The number of ether oxygens (including phenoxy) is 3. The molecular formula is C15H26N2O3. The smallest absolute Gasteiger partial charge is 0.118 e. The molecule has 1 rings (SSSR count). The lowest BCUT2D eigenvalue weighted by Crippen LogP contribution is -2.38. The molecule has 1 aromatic rings. The average Bonchev–Trinajstić information content (AvgIpc) is 2.50. The molecule has 0 spiro atoms. The van der Waals surface area contributed by atoms with Gasteiger partial charge in [0.05, 0.1) is 20.3 Å². The monoisotopic (exact) mass is 282 g/mol. The number of rotatable bonds is 10. The number of nitrogens with zero attached hydrogens (tertiary/aromatic N) is 1. The normalized spacial score (nSPS) is 12.7. The molecule has 0 aliphatic carbocycles. The van der Waals surface area contributed by atoms with Crippen LogP contribution in [-0.4, -0.2) is 59.1 Å². The number of hydrogen-bond acceptors (Lipinski definition) is 5. The van der Waals surface area contributed by atoms with Gasteiger partial charge in [0.2, 0.25) is 0 Å². The number of hydrogen-bond donors (Lipinski definition) is 1. The summed E-state index contributed by atoms with van der Waals surface area (Å²) >= 11 is 0. The molecule has 1 unspecified atom stereocenters. The Kier molecular flexibility index (Phi) is 8.22. The molecular weight excluding hydrogens is 256 g/mol. The molecule has 20 heavy (non-hydrogen) atoms. The van der Waals surface area contributed by atoms with Crippen molar-refractivity contribution < 1.29 is 14.2 Å². The molecule has 0 fully saturated rings. The maximum atomic E-state index is 5.97. The molecule has 1 aromatic carbocycles. The highest BCUT2D eigenvalue weighted by Gasteiger charge is 2.18. The number of methoxy groups -OCH3 is 3. The Morgan fingerprint density at radius 2 is 1.55 bits per heavy atom. The van der Waals surface area contributed by atoms with Crippen LogP contribution < -0.4 is 10.5 Å². The first-order valence-corrected chi connectivity index (χ1v) is 6.82. The maximum Gasteiger partial charge on any atom is 0.118 e. The first kappa shape index (κ1) is 16.9. The maximum absolute atomic E-state index is 5.97. The zero-order chi connectivity index (χ0) is 14.8. The predicted molar refractivity (Wildman–Crippen MR) is 80.1 cm³/mol. The quantitative estimate of drug-likeness (QED) is 0.701. The van der Waals surface area contributed by atoms with Crippen molar-refractivity contribution in [3.63, 3.8) is 0 Å². The van der Waals surface area contributed by atoms with E-state index >= 15 is 0 Å². The molecule has 2 N–H and O–H groups in total. The Hall–Kier alpha value is -1.14. The summed E-state index contributed by atoms with van der Waals surface area (Å²) in [6.07, 6.45) is 0. The third kappa shape index (κ3) is 5.09. The van der Waals surface area contributed by atoms with E-state index in [4.69, 9.17) is 19.9 Å². The largest absolute Gasteiger partial charge is 0.497 e. The number of nitrogens with two attached hydrogens (primary N) is 1. The molecule has 0 aromatic heterocycles. The zero-order valence-corrected chi connectivity index (χ0v) is 12.7. The van der Waals surface area contributed by atoms with Gasteiger partial charge in [0.1, 0.15) is 5.75 Å². The summed E-state index contributed by atoms with van der Waals surface area (Å²) in [6, 6.07) is 8.20. The van der Waals surface area contributed by atoms with Gasteiger partial charge in [0.25, 0.3) is 0 Å². The van der Waals surface area contributed by atoms with Crippen molar-refractivity contribution in [1.29, 1.82) is 0 Å². The highest BCUT2D eigenvalue weighted by Crippen LogP contribution is 2.22. The van der Waals surface area contributed by atoms with Crippen molar-refractivity contribution in [2.75, 3.05) is 54.2 Å². The van der Waals surface area contributed by atoms with Gasteiger partial charge in [-0.05, 0) is 17.7 Å². The first-order valence-electron chi connectivity index (χ1n) is 6.82. The summed E-state index contributed by atoms with van der Waals surface area (Å²) in [5.74, 6) is 0.852. The lowest BCUT2D eigenvalue weighted by atomic mass is 10.0. The van der Waals surface area contributed by atoms with E-state index in [1.165, 1.54) is 5.56 Å². The van der Waals surface area contributed by atoms with E-state index in [1.54, 1.807) is 21.3 Å². The Balaban J connectivity index is 2.80. The highest BCUT2D eigenvalue weighted by molar-refractivity contribution is 5.29. The van der Waals surface area contributed by atoms with Gasteiger partial charge in [-0.1, -0.05) is 12.1 Å². The third-order valence-electron chi connectivity index (χ3n) is 3.33. The molecule has 0 heterocycles. The second kappa shape index (κ2) is 9.72. The highest BCUT2D eigenvalue weighted by atomic mass is 16.5. The molecule has 0 radical (unpaired) electrons. The van der Waals surface area contributed by atoms with Crippen molar-refractivity contribution >= 4 is 0 Å². The number of benzene rings is 1. The SMILES string of the molecule is COCCN(CCOC)C(CN)c1ccc(OC)cc1. The second-order valence-corrected chi connectivity index (χ2v) is 4.55. The van der Waals surface area contributed by atoms with E-state index in [0.29, 0.717) is 19.8 Å². The van der Waals surface area contributed by atoms with Crippen LogP contribution in [0.5, 0.6) is 5.75 Å². The van der Waals surface area contributed by atoms with E-state index < -0.39 is 0 Å². The fraction of sp³-hybridized carbons (Fsp3) is 0.600. The summed E-state index contributed by atoms with van der Waals surface area (Å²) in [4.78, 5) is 2.29. The standard InChI is InChI=1S/C15H26N2O3/c1-18-10-8-17(9-11-19-2)15(12-16)13-4-6-14(20-3)7-5-13/h4-7,15H,8-12,16H2,1-3H3. The van der Waals surface area contributed by atoms with Crippen LogP contribution in [0.25, 0.3) is 0 Å². The molecule has 5 heteroatoms. The molecule has 0 aliphatic rings. The lowest BCUT2D eigenvalue weighted by molar-refractivity contribution is 0.0891. The van der Waals surface area contributed by atoms with Crippen LogP contribution in [0.15, 0.2) is 24.3 Å². The van der Waals surface area contributed by atoms with Gasteiger partial charge >= 0.3 is 0 Å². The van der Waals surface area contributed by atoms with Crippen LogP contribution in [0, 0.1) is 0 Å². The minimum atomic E-state index is 0.159. The van der Waals surface area contributed by atoms with E-state index in [2.05, 4.69) is 17.0 Å². The average molecular weight is 282 g/mol. The van der Waals surface area contributed by atoms with E-state index in [0.717, 1.165) is 18.8 Å². The molecule has 0 saturated heterocycles. The first-order chi connectivity index (χ1) is 9.76. The topological polar surface area (TPSA) is 57.0 Å². The molecule has 0 amide bonds. The van der Waals surface area contributed by atoms with Crippen LogP contribution in [0.2, 0.25) is 0 Å². The Bertz CT molecular complexity index is 349. The molecule has 114 valence electrons. The fourth-order valence-electron chi connectivity index (χ4n) is 2.16. The third-order valence-corrected chi connectivity index (χ3v) is 3.33. The molecule has 1 atom stereocenters. The van der Waals surface area contributed by atoms with Gasteiger partial charge in [0, 0.05) is 39.9 Å². The Labute approximate surface area is 121 Å². The van der Waals surface area contributed by atoms with Crippen LogP contribution in [0.4, 0.5) is 0 Å². The molecule has 0 aliphatic heterocycles. The summed E-state index contributed by atoms with van der Waals surface area (Å²) in [5.41, 5.74) is 7.15. The fourth-order valence-corrected chi connectivity index (χ4v) is 2.16. The van der Waals surface area contributed by atoms with Gasteiger partial charge < -0.3 is 19.9 Å². The molecule has 5 nitrogen and oxygen atoms in total. The Morgan fingerprint density at radius 3 is 1.95 bits per heavy atom. The van der Waals surface area contributed by atoms with Crippen LogP contribution in [0.3, 0.4) is 0 Å². The summed E-state index contributed by atoms with van der Waals surface area (Å²) in [5, 5.41) is 0. The van der Waals surface area contributed by atoms with Crippen molar-refractivity contribution in [2.45, 2.75) is 6.04 Å². The summed E-state index contributed by atoms with van der Waals surface area (Å²) < 4.78 is 15.5. The van der Waals surface area contributed by atoms with Gasteiger partial charge in [-0.2, -0.15) is 0 Å². The van der Waals surface area contributed by atoms with Crippen molar-refractivity contribution in [3.05, 3.63) is 29.8 Å². The van der Waals surface area contributed by atoms with Gasteiger partial charge in [-0.15, -0.1) is 0 Å². The van der Waals surface area contributed by atoms with Crippen LogP contribution in [0.1, 0.15) is 11.6 Å². The minimum Gasteiger partial charge on any atom is -0.497 e. The molecule has 0 bridgehead atoms. The van der Waals surface area contributed by atoms with Crippen LogP contribution in [-0.2, 0) is 9.47 Å². The van der Waals surface area contributed by atoms with Gasteiger partial charge in [0.15, 0.2) is 0 Å². The van der Waals surface area contributed by atoms with Gasteiger partial charge in [-0.3, -0.25) is 4.90 Å². The molecule has 0 saturated carbocycles. The minimum absolute atomic E-state index is 0.159. The van der Waals surface area contributed by atoms with E-state index in [9.17, 15) is 0 Å². The summed E-state index contributed by atoms with van der Waals surface area (Å²) in [7, 11) is 5.08. The Morgan fingerprint density at radius 1 is 1.00 bits per heavy atom. The van der Waals surface area contributed by atoms with Crippen molar-refractivity contribution in [2.24, 2.45) is 5.73 Å². The van der Waals surface area contributed by atoms with Crippen molar-refractivity contribution in [3.8, 4) is 5.75 Å². The van der Waals surface area contributed by atoms with Gasteiger partial charge in [-0.25, -0.2) is 0 Å². The second-order valence-electron chi connectivity index (χ2n) is 4.55. The van der Waals surface area contributed by atoms with E-state index in [1.807, 2.05) is 12.1 Å². The van der Waals surface area contributed by atoms with Crippen molar-refractivity contribution in [1.82, 2.24) is 4.90 Å². The lowest BCUT2D eigenvalue weighted by Gasteiger charge is -2.31. The zero-order valence-electron chi connectivity index (χ0n) is 12.7.